The number of carboxylic acids is 1. The third-order valence-electron chi connectivity index (χ3n) is 6.69. The molecule has 27 heavy (non-hydrogen) atoms. The Kier molecular flexibility index (Phi) is 4.70. The maximum atomic E-state index is 12.8. The fourth-order valence-corrected chi connectivity index (χ4v) is 5.20. The molecule has 148 valence electrons. The van der Waals surface area contributed by atoms with Crippen molar-refractivity contribution in [3.63, 3.8) is 0 Å². The van der Waals surface area contributed by atoms with Gasteiger partial charge < -0.3 is 14.6 Å². The van der Waals surface area contributed by atoms with Crippen LogP contribution in [0.4, 0.5) is 0 Å². The molecule has 8 heteroatoms. The Balaban J connectivity index is 1.47. The molecule has 1 saturated carbocycles. The molecule has 8 nitrogen and oxygen atoms in total. The standard InChI is InChI=1S/C19H29N5O3/c1-13(2)24-12-20-21-16(24)9-22-7-15-8-23(11-19(15,10-22)18(26)27)17(25)14-5-3-4-6-14/h12-15H,3-11H2,1-2H3,(H,26,27)/t15-,19-/m0/s1. The molecule has 1 aromatic heterocycles. The molecule has 1 aromatic rings. The zero-order valence-corrected chi connectivity index (χ0v) is 16.2. The van der Waals surface area contributed by atoms with E-state index < -0.39 is 11.4 Å². The Hall–Kier alpha value is -1.96. The molecule has 2 atom stereocenters. The van der Waals surface area contributed by atoms with Gasteiger partial charge in [0.15, 0.2) is 0 Å². The summed E-state index contributed by atoms with van der Waals surface area (Å²) in [6.07, 6.45) is 5.87. The predicted octanol–water partition coefficient (Wildman–Crippen LogP) is 1.39. The zero-order valence-electron chi connectivity index (χ0n) is 16.2. The van der Waals surface area contributed by atoms with Crippen LogP contribution >= 0.6 is 0 Å². The van der Waals surface area contributed by atoms with Gasteiger partial charge in [-0.3, -0.25) is 14.5 Å². The molecule has 3 fully saturated rings. The summed E-state index contributed by atoms with van der Waals surface area (Å²) in [5, 5.41) is 18.3. The van der Waals surface area contributed by atoms with Gasteiger partial charge >= 0.3 is 5.97 Å². The van der Waals surface area contributed by atoms with Crippen molar-refractivity contribution < 1.29 is 14.7 Å². The van der Waals surface area contributed by atoms with Crippen LogP contribution in [-0.4, -0.2) is 67.7 Å². The molecule has 2 saturated heterocycles. The van der Waals surface area contributed by atoms with E-state index in [1.54, 1.807) is 6.33 Å². The minimum atomic E-state index is -0.850. The van der Waals surface area contributed by atoms with E-state index in [9.17, 15) is 14.7 Å². The molecule has 4 rings (SSSR count). The van der Waals surface area contributed by atoms with Crippen molar-refractivity contribution in [2.45, 2.75) is 52.1 Å². The lowest BCUT2D eigenvalue weighted by Gasteiger charge is -2.27. The quantitative estimate of drug-likeness (QED) is 0.836. The first-order chi connectivity index (χ1) is 12.9. The van der Waals surface area contributed by atoms with Gasteiger partial charge in [0.2, 0.25) is 5.91 Å². The second-order valence-electron chi connectivity index (χ2n) is 8.78. The lowest BCUT2D eigenvalue weighted by molar-refractivity contribution is -0.149. The molecule has 3 heterocycles. The molecular weight excluding hydrogens is 346 g/mol. The third kappa shape index (κ3) is 3.13. The molecule has 1 N–H and O–H groups in total. The summed E-state index contributed by atoms with van der Waals surface area (Å²) in [5.41, 5.74) is -0.850. The Morgan fingerprint density at radius 3 is 2.63 bits per heavy atom. The Labute approximate surface area is 159 Å². The molecule has 3 aliphatic rings. The van der Waals surface area contributed by atoms with Crippen LogP contribution in [0.15, 0.2) is 6.33 Å². The Bertz CT molecular complexity index is 727. The van der Waals surface area contributed by atoms with Crippen LogP contribution < -0.4 is 0 Å². The summed E-state index contributed by atoms with van der Waals surface area (Å²) >= 11 is 0. The first-order valence-corrected chi connectivity index (χ1v) is 10.0. The van der Waals surface area contributed by atoms with E-state index >= 15 is 0 Å². The summed E-state index contributed by atoms with van der Waals surface area (Å²) in [6.45, 7) is 6.82. The summed E-state index contributed by atoms with van der Waals surface area (Å²) in [7, 11) is 0. The number of carboxylic acid groups (broad SMARTS) is 1. The molecule has 0 radical (unpaired) electrons. The molecule has 0 unspecified atom stereocenters. The van der Waals surface area contributed by atoms with Gasteiger partial charge in [0.05, 0.1) is 6.54 Å². The number of likely N-dealkylation sites (tertiary alicyclic amines) is 2. The number of nitrogens with zero attached hydrogens (tertiary/aromatic N) is 5. The highest BCUT2D eigenvalue weighted by atomic mass is 16.4. The molecule has 1 aliphatic carbocycles. The summed E-state index contributed by atoms with van der Waals surface area (Å²) in [5.74, 6) is 0.353. The Morgan fingerprint density at radius 1 is 1.26 bits per heavy atom. The van der Waals surface area contributed by atoms with Gasteiger partial charge in [0, 0.05) is 44.1 Å². The third-order valence-corrected chi connectivity index (χ3v) is 6.69. The number of aromatic nitrogens is 3. The van der Waals surface area contributed by atoms with Crippen molar-refractivity contribution in [1.82, 2.24) is 24.6 Å². The number of carbonyl (C=O) groups excluding carboxylic acids is 1. The second-order valence-corrected chi connectivity index (χ2v) is 8.78. The number of amides is 1. The van der Waals surface area contributed by atoms with Crippen LogP contribution in [0.25, 0.3) is 0 Å². The molecule has 1 amide bonds. The van der Waals surface area contributed by atoms with Crippen molar-refractivity contribution in [3.05, 3.63) is 12.2 Å². The lowest BCUT2D eigenvalue weighted by atomic mass is 9.81. The molecule has 0 spiro atoms. The van der Waals surface area contributed by atoms with Gasteiger partial charge in [0.1, 0.15) is 17.6 Å². The SMILES string of the molecule is CC(C)n1cnnc1CN1C[C@H]2CN(C(=O)C3CCCC3)C[C@@]2(C(=O)O)C1. The lowest BCUT2D eigenvalue weighted by Crippen LogP contribution is -2.43. The van der Waals surface area contributed by atoms with Crippen LogP contribution in [0.5, 0.6) is 0 Å². The highest BCUT2D eigenvalue weighted by molar-refractivity contribution is 5.83. The normalized spacial score (nSPS) is 29.0. The van der Waals surface area contributed by atoms with E-state index in [-0.39, 0.29) is 23.8 Å². The average molecular weight is 375 g/mol. The first kappa shape index (κ1) is 18.4. The van der Waals surface area contributed by atoms with E-state index in [1.165, 1.54) is 0 Å². The van der Waals surface area contributed by atoms with E-state index in [4.69, 9.17) is 0 Å². The van der Waals surface area contributed by atoms with E-state index in [1.807, 2.05) is 9.47 Å². The second kappa shape index (κ2) is 6.89. The van der Waals surface area contributed by atoms with Crippen LogP contribution in [0, 0.1) is 17.3 Å². The van der Waals surface area contributed by atoms with Crippen LogP contribution in [0.3, 0.4) is 0 Å². The smallest absolute Gasteiger partial charge is 0.313 e. The number of fused-ring (bicyclic) bond motifs is 1. The first-order valence-electron chi connectivity index (χ1n) is 10.0. The number of rotatable bonds is 5. The van der Waals surface area contributed by atoms with Crippen molar-refractivity contribution >= 4 is 11.9 Å². The maximum absolute atomic E-state index is 12.8. The van der Waals surface area contributed by atoms with Crippen molar-refractivity contribution in [2.24, 2.45) is 17.3 Å². The van der Waals surface area contributed by atoms with Gasteiger partial charge in [-0.1, -0.05) is 12.8 Å². The molecule has 0 bridgehead atoms. The van der Waals surface area contributed by atoms with Crippen molar-refractivity contribution in [3.8, 4) is 0 Å². The van der Waals surface area contributed by atoms with Gasteiger partial charge in [-0.05, 0) is 26.7 Å². The van der Waals surface area contributed by atoms with Gasteiger partial charge in [-0.15, -0.1) is 10.2 Å². The average Bonchev–Trinajstić information content (AvgIpc) is 3.37. The summed E-state index contributed by atoms with van der Waals surface area (Å²) in [6, 6.07) is 0.269. The fraction of sp³-hybridized carbons (Fsp3) is 0.789. The number of hydrogen-bond donors (Lipinski definition) is 1. The largest absolute Gasteiger partial charge is 0.481 e. The molecular formula is C19H29N5O3. The number of hydrogen-bond acceptors (Lipinski definition) is 5. The maximum Gasteiger partial charge on any atom is 0.313 e. The summed E-state index contributed by atoms with van der Waals surface area (Å²) in [4.78, 5) is 29.0. The molecule has 2 aliphatic heterocycles. The summed E-state index contributed by atoms with van der Waals surface area (Å²) < 4.78 is 2.03. The van der Waals surface area contributed by atoms with E-state index in [0.29, 0.717) is 32.7 Å². The minimum absolute atomic E-state index is 0.0178. The van der Waals surface area contributed by atoms with E-state index in [2.05, 4.69) is 28.9 Å². The number of aliphatic carboxylic acids is 1. The topological polar surface area (TPSA) is 91.6 Å². The predicted molar refractivity (Wildman–Crippen MR) is 97.8 cm³/mol. The van der Waals surface area contributed by atoms with Crippen molar-refractivity contribution in [2.75, 3.05) is 26.2 Å². The highest BCUT2D eigenvalue weighted by Gasteiger charge is 2.58. The highest BCUT2D eigenvalue weighted by Crippen LogP contribution is 2.44. The fourth-order valence-electron chi connectivity index (χ4n) is 5.20. The zero-order chi connectivity index (χ0) is 19.2. The minimum Gasteiger partial charge on any atom is -0.481 e. The molecule has 0 aromatic carbocycles. The van der Waals surface area contributed by atoms with Gasteiger partial charge in [0.25, 0.3) is 0 Å². The Morgan fingerprint density at radius 2 is 2.00 bits per heavy atom. The van der Waals surface area contributed by atoms with Gasteiger partial charge in [-0.2, -0.15) is 0 Å². The van der Waals surface area contributed by atoms with Crippen LogP contribution in [0.2, 0.25) is 0 Å². The van der Waals surface area contributed by atoms with E-state index in [0.717, 1.165) is 31.5 Å². The number of carbonyl (C=O) groups is 2. The van der Waals surface area contributed by atoms with Crippen LogP contribution in [0.1, 0.15) is 51.4 Å². The van der Waals surface area contributed by atoms with Gasteiger partial charge in [-0.25, -0.2) is 0 Å². The van der Waals surface area contributed by atoms with Crippen molar-refractivity contribution in [1.29, 1.82) is 0 Å². The van der Waals surface area contributed by atoms with Crippen LogP contribution in [-0.2, 0) is 16.1 Å². The monoisotopic (exact) mass is 375 g/mol.